The summed E-state index contributed by atoms with van der Waals surface area (Å²) in [4.78, 5) is 54.8. The molecule has 0 spiro atoms. The summed E-state index contributed by atoms with van der Waals surface area (Å²) in [7, 11) is 3.77. The van der Waals surface area contributed by atoms with E-state index < -0.39 is 0 Å². The zero-order chi connectivity index (χ0) is 48.6. The van der Waals surface area contributed by atoms with Gasteiger partial charge in [0.15, 0.2) is 0 Å². The molecule has 2 aromatic heterocycles. The van der Waals surface area contributed by atoms with Gasteiger partial charge in [0.2, 0.25) is 5.91 Å². The number of benzene rings is 4. The van der Waals surface area contributed by atoms with Crippen LogP contribution < -0.4 is 9.64 Å². The third kappa shape index (κ3) is 9.15. The van der Waals surface area contributed by atoms with Crippen LogP contribution in [0.15, 0.2) is 103 Å². The molecule has 4 aliphatic heterocycles. The van der Waals surface area contributed by atoms with Crippen LogP contribution in [0.3, 0.4) is 0 Å². The largest absolute Gasteiger partial charge is 0.492 e. The molecular formula is C57H62N8O5. The van der Waals surface area contributed by atoms with E-state index in [1.807, 2.05) is 115 Å². The van der Waals surface area contributed by atoms with Gasteiger partial charge >= 0.3 is 0 Å². The maximum Gasteiger partial charge on any atom is 0.264 e. The van der Waals surface area contributed by atoms with Crippen LogP contribution in [-0.2, 0) is 56.0 Å². The van der Waals surface area contributed by atoms with Crippen molar-refractivity contribution >= 4 is 29.1 Å². The Morgan fingerprint density at radius 2 is 1.57 bits per heavy atom. The molecule has 2 atom stereocenters. The average Bonchev–Trinajstić information content (AvgIpc) is 3.84. The van der Waals surface area contributed by atoms with Crippen molar-refractivity contribution in [3.63, 3.8) is 0 Å². The molecule has 2 saturated heterocycles. The highest BCUT2D eigenvalue weighted by Crippen LogP contribution is 2.38. The number of fused-ring (bicyclic) bond motifs is 3. The topological polar surface area (TPSA) is 120 Å². The van der Waals surface area contributed by atoms with Gasteiger partial charge in [-0.2, -0.15) is 5.26 Å². The van der Waals surface area contributed by atoms with E-state index >= 15 is 9.59 Å². The third-order valence-electron chi connectivity index (χ3n) is 15.3. The number of morpholine rings is 1. The average molecular weight is 939 g/mol. The van der Waals surface area contributed by atoms with Crippen molar-refractivity contribution in [2.45, 2.75) is 65.2 Å². The Hall–Kier alpha value is -6.98. The maximum atomic E-state index is 15.2. The van der Waals surface area contributed by atoms with Gasteiger partial charge in [0.1, 0.15) is 24.1 Å². The fourth-order valence-corrected chi connectivity index (χ4v) is 10.9. The molecule has 0 aliphatic carbocycles. The highest BCUT2D eigenvalue weighted by molar-refractivity contribution is 6.13. The van der Waals surface area contributed by atoms with E-state index in [2.05, 4.69) is 47.1 Å². The summed E-state index contributed by atoms with van der Waals surface area (Å²) in [5.41, 5.74) is 11.1. The van der Waals surface area contributed by atoms with E-state index in [0.717, 1.165) is 103 Å². The fraction of sp³-hybridized carbons (Fsp3) is 0.368. The second-order valence-corrected chi connectivity index (χ2v) is 19.5. The van der Waals surface area contributed by atoms with Gasteiger partial charge in [0.05, 0.1) is 30.9 Å². The van der Waals surface area contributed by atoms with Crippen molar-refractivity contribution < 1.29 is 23.9 Å². The molecule has 70 heavy (non-hydrogen) atoms. The predicted molar refractivity (Wildman–Crippen MR) is 270 cm³/mol. The fourth-order valence-electron chi connectivity index (χ4n) is 10.9. The second-order valence-electron chi connectivity index (χ2n) is 19.5. The lowest BCUT2D eigenvalue weighted by Gasteiger charge is -2.43. The van der Waals surface area contributed by atoms with Crippen LogP contribution in [0.2, 0.25) is 0 Å². The van der Waals surface area contributed by atoms with Crippen molar-refractivity contribution in [3.05, 3.63) is 159 Å². The van der Waals surface area contributed by atoms with Crippen LogP contribution in [0.1, 0.15) is 72.5 Å². The lowest BCUT2D eigenvalue weighted by Crippen LogP contribution is -2.58. The van der Waals surface area contributed by atoms with E-state index in [4.69, 9.17) is 9.47 Å². The van der Waals surface area contributed by atoms with Gasteiger partial charge in [-0.15, -0.1) is 0 Å². The Bertz CT molecular complexity index is 2990. The molecule has 10 rings (SSSR count). The van der Waals surface area contributed by atoms with Gasteiger partial charge in [-0.1, -0.05) is 54.6 Å². The van der Waals surface area contributed by atoms with Gasteiger partial charge < -0.3 is 28.4 Å². The molecule has 13 nitrogen and oxygen atoms in total. The first-order chi connectivity index (χ1) is 33.9. The number of rotatable bonds is 11. The third-order valence-corrected chi connectivity index (χ3v) is 15.3. The first kappa shape index (κ1) is 46.7. The van der Waals surface area contributed by atoms with Gasteiger partial charge in [-0.3, -0.25) is 29.1 Å². The molecule has 360 valence electrons. The van der Waals surface area contributed by atoms with Crippen molar-refractivity contribution in [2.24, 2.45) is 14.1 Å². The molecule has 6 aromatic rings. The van der Waals surface area contributed by atoms with Crippen LogP contribution in [0.5, 0.6) is 5.75 Å². The molecule has 2 unspecified atom stereocenters. The summed E-state index contributed by atoms with van der Waals surface area (Å²) >= 11 is 0. The number of carbonyl (C=O) groups excluding carboxylic acids is 3. The highest BCUT2D eigenvalue weighted by Gasteiger charge is 2.34. The minimum Gasteiger partial charge on any atom is -0.492 e. The lowest BCUT2D eigenvalue weighted by molar-refractivity contribution is -0.131. The molecule has 3 amide bonds. The van der Waals surface area contributed by atoms with Crippen molar-refractivity contribution in [3.8, 4) is 23.1 Å². The Morgan fingerprint density at radius 3 is 2.34 bits per heavy atom. The van der Waals surface area contributed by atoms with Crippen LogP contribution in [0.4, 0.5) is 11.4 Å². The molecule has 0 N–H and O–H groups in total. The number of amides is 3. The minimum atomic E-state index is -0.244. The normalized spacial score (nSPS) is 18.1. The summed E-state index contributed by atoms with van der Waals surface area (Å²) < 4.78 is 15.7. The number of hydrogen-bond acceptors (Lipinski definition) is 8. The quantitative estimate of drug-likeness (QED) is 0.130. The van der Waals surface area contributed by atoms with Crippen molar-refractivity contribution in [1.82, 2.24) is 28.7 Å². The van der Waals surface area contributed by atoms with E-state index in [0.29, 0.717) is 66.9 Å². The molecule has 0 bridgehead atoms. The van der Waals surface area contributed by atoms with Crippen molar-refractivity contribution in [2.75, 3.05) is 64.0 Å². The number of para-hydroxylation sites is 1. The number of hydrogen-bond donors (Lipinski definition) is 0. The Morgan fingerprint density at radius 1 is 0.800 bits per heavy atom. The Balaban J connectivity index is 0.909. The zero-order valence-electron chi connectivity index (χ0n) is 41.0. The first-order valence-electron chi connectivity index (χ1n) is 24.7. The molecular weight excluding hydrogens is 877 g/mol. The molecule has 0 saturated carbocycles. The number of anilines is 2. The van der Waals surface area contributed by atoms with Crippen molar-refractivity contribution in [1.29, 1.82) is 5.26 Å². The SMILES string of the molecule is Cc1c(N(C(=O)c2cc(-c3cc4c(cc3C(=O)N3Cc5ccccc5CC3C)CN(C(=O)Cc3ccc(OCCN5CCN6CCOCC6C5)cc3)CC4)n(C)c2C)c2ccccc2)cc(C#N)n1C. The van der Waals surface area contributed by atoms with E-state index in [-0.39, 0.29) is 30.2 Å². The second kappa shape index (κ2) is 19.8. The summed E-state index contributed by atoms with van der Waals surface area (Å²) in [6, 6.07) is 36.1. The van der Waals surface area contributed by atoms with Crippen LogP contribution >= 0.6 is 0 Å². The maximum absolute atomic E-state index is 15.2. The van der Waals surface area contributed by atoms with Crippen LogP contribution in [0.25, 0.3) is 11.3 Å². The van der Waals surface area contributed by atoms with Gasteiger partial charge in [0.25, 0.3) is 11.8 Å². The first-order valence-corrected chi connectivity index (χ1v) is 24.7. The number of nitrogens with zero attached hydrogens (tertiary/aromatic N) is 8. The highest BCUT2D eigenvalue weighted by atomic mass is 16.5. The molecule has 6 heterocycles. The lowest BCUT2D eigenvalue weighted by atomic mass is 9.89. The van der Waals surface area contributed by atoms with Gasteiger partial charge in [-0.25, -0.2) is 0 Å². The summed E-state index contributed by atoms with van der Waals surface area (Å²) in [5.74, 6) is 0.490. The van der Waals surface area contributed by atoms with Gasteiger partial charge in [-0.05, 0) is 110 Å². The summed E-state index contributed by atoms with van der Waals surface area (Å²) in [6.07, 6.45) is 1.63. The van der Waals surface area contributed by atoms with Gasteiger partial charge in [0, 0.05) is 112 Å². The zero-order valence-corrected chi connectivity index (χ0v) is 41.0. The monoisotopic (exact) mass is 938 g/mol. The number of nitriles is 1. The molecule has 4 aliphatic rings. The van der Waals surface area contributed by atoms with E-state index in [1.165, 1.54) is 5.56 Å². The van der Waals surface area contributed by atoms with E-state index in [1.54, 1.807) is 15.5 Å². The number of carbonyl (C=O) groups is 3. The molecule has 4 aromatic carbocycles. The van der Waals surface area contributed by atoms with Crippen LogP contribution in [0, 0.1) is 25.2 Å². The molecule has 0 radical (unpaired) electrons. The minimum absolute atomic E-state index is 0.0306. The number of piperazine rings is 1. The summed E-state index contributed by atoms with van der Waals surface area (Å²) in [6.45, 7) is 14.6. The number of aromatic nitrogens is 2. The smallest absolute Gasteiger partial charge is 0.264 e. The Kier molecular flexibility index (Phi) is 13.2. The van der Waals surface area contributed by atoms with Crippen LogP contribution in [-0.4, -0.2) is 118 Å². The standard InChI is InChI=1S/C57H62N8O5/c1-38-27-42-11-9-10-12-44(42)35-64(38)56(67)52-30-45-34-63(55(66)28-41-15-17-49(18-16-41)70-26-23-61-21-22-62-24-25-69-37-48(62)36-61)20-19-43(45)29-51(52)54-32-50(39(2)60(54)5)57(68)65(46-13-7-6-8-14-46)53-31-47(33-58)59(4)40(53)3/h6-18,29-32,38,48H,19-28,34-37H2,1-5H3. The Labute approximate surface area is 411 Å². The number of ether oxygens (including phenoxy) is 2. The van der Waals surface area contributed by atoms with E-state index in [9.17, 15) is 10.1 Å². The molecule has 13 heteroatoms. The summed E-state index contributed by atoms with van der Waals surface area (Å²) in [5, 5.41) is 9.93. The predicted octanol–water partition coefficient (Wildman–Crippen LogP) is 7.61. The molecule has 2 fully saturated rings.